The molecule has 3 heterocycles. The summed E-state index contributed by atoms with van der Waals surface area (Å²) in [6, 6.07) is 5.40. The Kier molecular flexibility index (Phi) is 3.78. The van der Waals surface area contributed by atoms with Crippen LogP contribution in [0.3, 0.4) is 0 Å². The fourth-order valence-electron chi connectivity index (χ4n) is 2.83. The summed E-state index contributed by atoms with van der Waals surface area (Å²) in [5, 5.41) is 3.00. The molecule has 23 heavy (non-hydrogen) atoms. The number of anilines is 1. The van der Waals surface area contributed by atoms with Crippen molar-refractivity contribution in [1.82, 2.24) is 9.88 Å². The third kappa shape index (κ3) is 2.84. The first-order valence-corrected chi connectivity index (χ1v) is 8.52. The molecule has 0 N–H and O–H groups in total. The van der Waals surface area contributed by atoms with Gasteiger partial charge < -0.3 is 19.3 Å². The number of aromatic nitrogens is 1. The quantitative estimate of drug-likeness (QED) is 0.841. The lowest BCUT2D eigenvalue weighted by atomic mass is 10.1. The fraction of sp³-hybridized carbons (Fsp3) is 0.375. The van der Waals surface area contributed by atoms with Gasteiger partial charge in [-0.15, -0.1) is 11.3 Å². The molecule has 0 atom stereocenters. The monoisotopic (exact) mass is 331 g/mol. The Morgan fingerprint density at radius 1 is 1.09 bits per heavy atom. The Bertz CT molecular complexity index is 697. The molecule has 7 heteroatoms. The Labute approximate surface area is 138 Å². The molecule has 4 rings (SSSR count). The zero-order valence-electron chi connectivity index (χ0n) is 12.6. The van der Waals surface area contributed by atoms with Gasteiger partial charge in [0.05, 0.1) is 0 Å². The lowest BCUT2D eigenvalue weighted by Crippen LogP contribution is -2.48. The molecule has 0 bridgehead atoms. The van der Waals surface area contributed by atoms with Gasteiger partial charge >= 0.3 is 0 Å². The number of piperazine rings is 1. The van der Waals surface area contributed by atoms with Gasteiger partial charge in [0.15, 0.2) is 16.6 Å². The summed E-state index contributed by atoms with van der Waals surface area (Å²) >= 11 is 1.63. The molecule has 0 aliphatic carbocycles. The number of carbonyl (C=O) groups is 1. The van der Waals surface area contributed by atoms with Crippen molar-refractivity contribution < 1.29 is 14.3 Å². The predicted molar refractivity (Wildman–Crippen MR) is 87.7 cm³/mol. The van der Waals surface area contributed by atoms with E-state index in [0.29, 0.717) is 43.4 Å². The maximum Gasteiger partial charge on any atom is 0.254 e. The molecule has 2 aromatic rings. The van der Waals surface area contributed by atoms with Crippen LogP contribution in [0, 0.1) is 0 Å². The van der Waals surface area contributed by atoms with E-state index in [1.165, 1.54) is 0 Å². The number of hydrogen-bond donors (Lipinski definition) is 0. The molecule has 0 spiro atoms. The third-order valence-electron chi connectivity index (χ3n) is 4.05. The Morgan fingerprint density at radius 2 is 1.87 bits per heavy atom. The number of carbonyl (C=O) groups excluding carboxylic acids is 1. The minimum atomic E-state index is 0.0424. The fourth-order valence-corrected chi connectivity index (χ4v) is 3.53. The van der Waals surface area contributed by atoms with E-state index < -0.39 is 0 Å². The highest BCUT2D eigenvalue weighted by molar-refractivity contribution is 7.13. The number of rotatable bonds is 2. The Morgan fingerprint density at radius 3 is 2.61 bits per heavy atom. The predicted octanol–water partition coefficient (Wildman–Crippen LogP) is 1.88. The normalized spacial score (nSPS) is 17.2. The van der Waals surface area contributed by atoms with Crippen LogP contribution in [0.15, 0.2) is 29.8 Å². The van der Waals surface area contributed by atoms with Crippen LogP contribution in [0.2, 0.25) is 0 Å². The summed E-state index contributed by atoms with van der Waals surface area (Å²) in [6.45, 7) is 4.10. The van der Waals surface area contributed by atoms with Crippen molar-refractivity contribution in [1.29, 1.82) is 0 Å². The standard InChI is InChI=1S/C16H17N3O3S/c20-15(12-1-2-13-14(11-12)22-9-8-21-13)18-4-6-19(7-5-18)16-17-3-10-23-16/h1-3,10-11H,4-9H2. The maximum absolute atomic E-state index is 12.7. The van der Waals surface area contributed by atoms with Gasteiger partial charge in [-0.25, -0.2) is 4.98 Å². The first-order valence-electron chi connectivity index (χ1n) is 7.64. The topological polar surface area (TPSA) is 54.9 Å². The van der Waals surface area contributed by atoms with Crippen molar-refractivity contribution in [3.8, 4) is 11.5 Å². The van der Waals surface area contributed by atoms with Gasteiger partial charge in [-0.05, 0) is 18.2 Å². The van der Waals surface area contributed by atoms with Gasteiger partial charge in [-0.3, -0.25) is 4.79 Å². The van der Waals surface area contributed by atoms with Gasteiger partial charge in [-0.2, -0.15) is 0 Å². The minimum Gasteiger partial charge on any atom is -0.486 e. The number of thiazole rings is 1. The molecule has 1 fully saturated rings. The maximum atomic E-state index is 12.7. The van der Waals surface area contributed by atoms with Gasteiger partial charge in [0.1, 0.15) is 13.2 Å². The van der Waals surface area contributed by atoms with Crippen LogP contribution < -0.4 is 14.4 Å². The van der Waals surface area contributed by atoms with Crippen molar-refractivity contribution in [3.05, 3.63) is 35.3 Å². The van der Waals surface area contributed by atoms with Crippen LogP contribution in [0.4, 0.5) is 5.13 Å². The minimum absolute atomic E-state index is 0.0424. The molecule has 1 amide bonds. The zero-order valence-corrected chi connectivity index (χ0v) is 13.4. The molecule has 0 radical (unpaired) electrons. The summed E-state index contributed by atoms with van der Waals surface area (Å²) < 4.78 is 11.1. The number of hydrogen-bond acceptors (Lipinski definition) is 6. The first-order chi connectivity index (χ1) is 11.3. The molecule has 0 saturated carbocycles. The van der Waals surface area contributed by atoms with E-state index >= 15 is 0 Å². The Balaban J connectivity index is 1.44. The summed E-state index contributed by atoms with van der Waals surface area (Å²) in [4.78, 5) is 21.1. The smallest absolute Gasteiger partial charge is 0.254 e. The van der Waals surface area contributed by atoms with Crippen LogP contribution in [-0.2, 0) is 0 Å². The van der Waals surface area contributed by atoms with Gasteiger partial charge in [-0.1, -0.05) is 0 Å². The van der Waals surface area contributed by atoms with E-state index in [1.807, 2.05) is 28.6 Å². The summed E-state index contributed by atoms with van der Waals surface area (Å²) in [7, 11) is 0. The van der Waals surface area contributed by atoms with Crippen molar-refractivity contribution in [2.24, 2.45) is 0 Å². The second-order valence-corrected chi connectivity index (χ2v) is 6.33. The van der Waals surface area contributed by atoms with E-state index in [4.69, 9.17) is 9.47 Å². The van der Waals surface area contributed by atoms with Gasteiger partial charge in [0.2, 0.25) is 0 Å². The van der Waals surface area contributed by atoms with Crippen molar-refractivity contribution >= 4 is 22.4 Å². The highest BCUT2D eigenvalue weighted by Crippen LogP contribution is 2.31. The van der Waals surface area contributed by atoms with Crippen LogP contribution in [0.25, 0.3) is 0 Å². The average Bonchev–Trinajstić information content (AvgIpc) is 3.15. The molecule has 1 saturated heterocycles. The molecule has 2 aliphatic rings. The van der Waals surface area contributed by atoms with E-state index in [2.05, 4.69) is 9.88 Å². The zero-order chi connectivity index (χ0) is 15.6. The lowest BCUT2D eigenvalue weighted by Gasteiger charge is -2.34. The molecule has 1 aromatic heterocycles. The van der Waals surface area contributed by atoms with Gasteiger partial charge in [0.25, 0.3) is 5.91 Å². The molecule has 2 aliphatic heterocycles. The molecule has 120 valence electrons. The van der Waals surface area contributed by atoms with Crippen LogP contribution in [0.1, 0.15) is 10.4 Å². The second-order valence-electron chi connectivity index (χ2n) is 5.45. The van der Waals surface area contributed by atoms with Gasteiger partial charge in [0, 0.05) is 43.3 Å². The van der Waals surface area contributed by atoms with Crippen molar-refractivity contribution in [2.45, 2.75) is 0 Å². The lowest BCUT2D eigenvalue weighted by molar-refractivity contribution is 0.0745. The highest BCUT2D eigenvalue weighted by atomic mass is 32.1. The number of ether oxygens (including phenoxy) is 2. The average molecular weight is 331 g/mol. The first kappa shape index (κ1) is 14.3. The van der Waals surface area contributed by atoms with E-state index in [0.717, 1.165) is 18.2 Å². The van der Waals surface area contributed by atoms with E-state index in [9.17, 15) is 4.79 Å². The molecule has 1 aromatic carbocycles. The highest BCUT2D eigenvalue weighted by Gasteiger charge is 2.24. The summed E-state index contributed by atoms with van der Waals surface area (Å²) in [5.74, 6) is 1.41. The summed E-state index contributed by atoms with van der Waals surface area (Å²) in [6.07, 6.45) is 1.81. The second kappa shape index (κ2) is 6.08. The van der Waals surface area contributed by atoms with Crippen molar-refractivity contribution in [3.63, 3.8) is 0 Å². The number of amides is 1. The summed E-state index contributed by atoms with van der Waals surface area (Å²) in [5.41, 5.74) is 0.650. The third-order valence-corrected chi connectivity index (χ3v) is 4.88. The SMILES string of the molecule is O=C(c1ccc2c(c1)OCCO2)N1CCN(c2nccs2)CC1. The largest absolute Gasteiger partial charge is 0.486 e. The number of nitrogens with zero attached hydrogens (tertiary/aromatic N) is 3. The van der Waals surface area contributed by atoms with Crippen molar-refractivity contribution in [2.75, 3.05) is 44.3 Å². The molecule has 6 nitrogen and oxygen atoms in total. The molecular weight excluding hydrogens is 314 g/mol. The van der Waals surface area contributed by atoms with Crippen LogP contribution >= 0.6 is 11.3 Å². The van der Waals surface area contributed by atoms with E-state index in [-0.39, 0.29) is 5.91 Å². The number of benzene rings is 1. The van der Waals surface area contributed by atoms with E-state index in [1.54, 1.807) is 17.4 Å². The molecular formula is C16H17N3O3S. The molecule has 0 unspecified atom stereocenters. The van der Waals surface area contributed by atoms with Crippen LogP contribution in [0.5, 0.6) is 11.5 Å². The van der Waals surface area contributed by atoms with Crippen LogP contribution in [-0.4, -0.2) is 55.2 Å². The number of fused-ring (bicyclic) bond motifs is 1. The Hall–Kier alpha value is -2.28.